The molecule has 2 fully saturated rings. The Morgan fingerprint density at radius 2 is 1.79 bits per heavy atom. The lowest BCUT2D eigenvalue weighted by Gasteiger charge is -2.41. The van der Waals surface area contributed by atoms with Crippen molar-refractivity contribution in [3.05, 3.63) is 24.0 Å². The van der Waals surface area contributed by atoms with Crippen LogP contribution in [0, 0.1) is 5.82 Å². The van der Waals surface area contributed by atoms with Crippen molar-refractivity contribution in [3.63, 3.8) is 0 Å². The summed E-state index contributed by atoms with van der Waals surface area (Å²) in [4.78, 5) is 13.8. The number of hydrogen-bond donors (Lipinski definition) is 1. The molecule has 2 N–H and O–H groups in total. The number of rotatable bonds is 8. The second-order valence-corrected chi connectivity index (χ2v) is 10.3. The minimum atomic E-state index is -4.27. The molecule has 2 saturated heterocycles. The molecule has 13 heteroatoms. The van der Waals surface area contributed by atoms with E-state index in [0.29, 0.717) is 0 Å². The smallest absolute Gasteiger partial charge is 0.389 e. The van der Waals surface area contributed by atoms with Crippen LogP contribution in [0.25, 0.3) is 0 Å². The Morgan fingerprint density at radius 3 is 2.33 bits per heavy atom. The third-order valence-electron chi connectivity index (χ3n) is 5.96. The maximum absolute atomic E-state index is 14.6. The molecule has 1 aromatic rings. The van der Waals surface area contributed by atoms with E-state index in [4.69, 9.17) is 15.2 Å². The van der Waals surface area contributed by atoms with Crippen LogP contribution in [0.5, 0.6) is 5.75 Å². The predicted molar refractivity (Wildman–Crippen MR) is 112 cm³/mol. The standard InChI is InChI=1S/C20H27F4N3O5S/c21-16-14-15(32-11-1-4-20(22,23)24)2-3-17(16)26-7-9-27(10-8-26)33(29,30)19(18(25)28)5-12-31-13-6-19/h2-3,14H,1,4-13H2,(H2,25,28). The van der Waals surface area contributed by atoms with E-state index in [1.165, 1.54) is 16.4 Å². The molecule has 0 atom stereocenters. The number of alkyl halides is 3. The largest absolute Gasteiger partial charge is 0.493 e. The van der Waals surface area contributed by atoms with Crippen molar-refractivity contribution in [2.24, 2.45) is 5.73 Å². The molecule has 1 amide bonds. The molecule has 1 aromatic carbocycles. The monoisotopic (exact) mass is 497 g/mol. The second kappa shape index (κ2) is 10.0. The highest BCUT2D eigenvalue weighted by molar-refractivity contribution is 7.91. The molecule has 0 unspecified atom stereocenters. The zero-order valence-corrected chi connectivity index (χ0v) is 18.8. The molecular weight excluding hydrogens is 470 g/mol. The first kappa shape index (κ1) is 25.5. The molecular formula is C20H27F4N3O5S. The molecule has 2 aliphatic rings. The van der Waals surface area contributed by atoms with Crippen molar-refractivity contribution in [2.75, 3.05) is 50.9 Å². The van der Waals surface area contributed by atoms with E-state index in [2.05, 4.69) is 0 Å². The minimum Gasteiger partial charge on any atom is -0.493 e. The van der Waals surface area contributed by atoms with Crippen molar-refractivity contribution < 1.29 is 40.2 Å². The molecule has 8 nitrogen and oxygen atoms in total. The Labute approximate surface area is 189 Å². The van der Waals surface area contributed by atoms with E-state index < -0.39 is 39.1 Å². The van der Waals surface area contributed by atoms with Gasteiger partial charge in [0.15, 0.2) is 4.75 Å². The summed E-state index contributed by atoms with van der Waals surface area (Å²) in [6, 6.07) is 4.00. The lowest BCUT2D eigenvalue weighted by Crippen LogP contribution is -2.61. The van der Waals surface area contributed by atoms with Gasteiger partial charge in [0.25, 0.3) is 0 Å². The normalized spacial score (nSPS) is 19.9. The molecule has 0 saturated carbocycles. The summed E-state index contributed by atoms with van der Waals surface area (Å²) < 4.78 is 87.5. The number of halogens is 4. The van der Waals surface area contributed by atoms with Crippen molar-refractivity contribution in [2.45, 2.75) is 36.6 Å². The number of carbonyl (C=O) groups excluding carboxylic acids is 1. The number of anilines is 1. The molecule has 186 valence electrons. The highest BCUT2D eigenvalue weighted by Crippen LogP contribution is 2.34. The Kier molecular flexibility index (Phi) is 7.74. The van der Waals surface area contributed by atoms with Crippen LogP contribution in [-0.2, 0) is 19.6 Å². The van der Waals surface area contributed by atoms with Gasteiger partial charge in [-0.2, -0.15) is 17.5 Å². The Balaban J connectivity index is 1.61. The Hall–Kier alpha value is -2.12. The first-order valence-electron chi connectivity index (χ1n) is 10.6. The number of piperazine rings is 1. The van der Waals surface area contributed by atoms with Crippen LogP contribution in [0.4, 0.5) is 23.2 Å². The van der Waals surface area contributed by atoms with Gasteiger partial charge in [0.1, 0.15) is 11.6 Å². The van der Waals surface area contributed by atoms with Gasteiger partial charge >= 0.3 is 6.18 Å². The maximum Gasteiger partial charge on any atom is 0.389 e. The Morgan fingerprint density at radius 1 is 1.15 bits per heavy atom. The molecule has 0 radical (unpaired) electrons. The van der Waals surface area contributed by atoms with Gasteiger partial charge in [0.2, 0.25) is 15.9 Å². The number of amides is 1. The van der Waals surface area contributed by atoms with Crippen LogP contribution < -0.4 is 15.4 Å². The van der Waals surface area contributed by atoms with Crippen LogP contribution in [0.3, 0.4) is 0 Å². The zero-order valence-electron chi connectivity index (χ0n) is 17.9. The molecule has 0 aliphatic carbocycles. The van der Waals surface area contributed by atoms with Crippen molar-refractivity contribution in [1.82, 2.24) is 4.31 Å². The molecule has 3 rings (SSSR count). The summed E-state index contributed by atoms with van der Waals surface area (Å²) in [5.74, 6) is -1.41. The average Bonchev–Trinajstić information content (AvgIpc) is 2.76. The SMILES string of the molecule is NC(=O)C1(S(=O)(=O)N2CCN(c3ccc(OCCCC(F)(F)F)cc3F)CC2)CCOCC1. The number of ether oxygens (including phenoxy) is 2. The Bertz CT molecular complexity index is 944. The highest BCUT2D eigenvalue weighted by Gasteiger charge is 2.53. The van der Waals surface area contributed by atoms with Crippen LogP contribution >= 0.6 is 0 Å². The van der Waals surface area contributed by atoms with E-state index in [1.807, 2.05) is 0 Å². The highest BCUT2D eigenvalue weighted by atomic mass is 32.2. The first-order chi connectivity index (χ1) is 15.5. The molecule has 2 heterocycles. The summed E-state index contributed by atoms with van der Waals surface area (Å²) in [5, 5.41) is 0. The number of carbonyl (C=O) groups is 1. The molecule has 33 heavy (non-hydrogen) atoms. The van der Waals surface area contributed by atoms with Crippen molar-refractivity contribution in [3.8, 4) is 5.75 Å². The molecule has 0 bridgehead atoms. The third kappa shape index (κ3) is 5.69. The lowest BCUT2D eigenvalue weighted by molar-refractivity contribution is -0.136. The van der Waals surface area contributed by atoms with E-state index >= 15 is 0 Å². The zero-order chi connectivity index (χ0) is 24.3. The minimum absolute atomic E-state index is 0.00998. The average molecular weight is 498 g/mol. The summed E-state index contributed by atoms with van der Waals surface area (Å²) in [5.41, 5.74) is 5.71. The number of hydrogen-bond acceptors (Lipinski definition) is 6. The van der Waals surface area contributed by atoms with Crippen molar-refractivity contribution >= 4 is 21.6 Å². The number of primary amides is 1. The van der Waals surface area contributed by atoms with Gasteiger partial charge in [-0.25, -0.2) is 12.8 Å². The molecule has 2 aliphatic heterocycles. The molecule has 0 spiro atoms. The summed E-state index contributed by atoms with van der Waals surface area (Å²) in [7, 11) is -4.03. The fourth-order valence-corrected chi connectivity index (χ4v) is 6.12. The maximum atomic E-state index is 14.6. The fraction of sp³-hybridized carbons (Fsp3) is 0.650. The number of nitrogens with two attached hydrogens (primary N) is 1. The van der Waals surface area contributed by atoms with Gasteiger partial charge in [-0.3, -0.25) is 4.79 Å². The van der Waals surface area contributed by atoms with Crippen molar-refractivity contribution in [1.29, 1.82) is 0 Å². The predicted octanol–water partition coefficient (Wildman–Crippen LogP) is 2.03. The summed E-state index contributed by atoms with van der Waals surface area (Å²) >= 11 is 0. The van der Waals surface area contributed by atoms with E-state index in [1.54, 1.807) is 4.90 Å². The van der Waals surface area contributed by atoms with Gasteiger partial charge in [0, 0.05) is 64.7 Å². The number of nitrogens with zero attached hydrogens (tertiary/aromatic N) is 2. The topological polar surface area (TPSA) is 102 Å². The van der Waals surface area contributed by atoms with Gasteiger partial charge in [-0.15, -0.1) is 0 Å². The van der Waals surface area contributed by atoms with Crippen LogP contribution in [-0.4, -0.2) is 75.6 Å². The quantitative estimate of drug-likeness (QED) is 0.436. The van der Waals surface area contributed by atoms with Gasteiger partial charge in [0.05, 0.1) is 12.3 Å². The third-order valence-corrected chi connectivity index (χ3v) is 8.60. The van der Waals surface area contributed by atoms with E-state index in [9.17, 15) is 30.8 Å². The van der Waals surface area contributed by atoms with Crippen LogP contribution in [0.1, 0.15) is 25.7 Å². The van der Waals surface area contributed by atoms with Gasteiger partial charge in [-0.1, -0.05) is 0 Å². The van der Waals surface area contributed by atoms with Crippen LogP contribution in [0.2, 0.25) is 0 Å². The van der Waals surface area contributed by atoms with Gasteiger partial charge in [-0.05, 0) is 18.6 Å². The number of benzene rings is 1. The van der Waals surface area contributed by atoms with E-state index in [0.717, 1.165) is 6.07 Å². The summed E-state index contributed by atoms with van der Waals surface area (Å²) in [6.45, 7) is 0.526. The lowest BCUT2D eigenvalue weighted by atomic mass is 9.98. The molecule has 0 aromatic heterocycles. The summed E-state index contributed by atoms with van der Waals surface area (Å²) in [6.07, 6.45) is -5.50. The number of sulfonamides is 1. The van der Waals surface area contributed by atoms with Gasteiger partial charge < -0.3 is 20.1 Å². The fourth-order valence-electron chi connectivity index (χ4n) is 4.05. The van der Waals surface area contributed by atoms with Crippen LogP contribution in [0.15, 0.2) is 18.2 Å². The second-order valence-electron chi connectivity index (χ2n) is 8.04. The van der Waals surface area contributed by atoms with E-state index in [-0.39, 0.29) is 76.7 Å². The first-order valence-corrected chi connectivity index (χ1v) is 12.0.